The van der Waals surface area contributed by atoms with Crippen molar-refractivity contribution in [2.45, 2.75) is 6.04 Å². The van der Waals surface area contributed by atoms with E-state index in [2.05, 4.69) is 5.32 Å². The highest BCUT2D eigenvalue weighted by Gasteiger charge is 2.20. The number of anilines is 1. The third kappa shape index (κ3) is 2.47. The Morgan fingerprint density at radius 2 is 2.00 bits per heavy atom. The highest BCUT2D eigenvalue weighted by Crippen LogP contribution is 2.35. The molecule has 0 aromatic heterocycles. The van der Waals surface area contributed by atoms with E-state index >= 15 is 0 Å². The lowest BCUT2D eigenvalue weighted by Crippen LogP contribution is -2.23. The molecule has 0 aliphatic carbocycles. The number of rotatable bonds is 2. The van der Waals surface area contributed by atoms with E-state index in [9.17, 15) is 0 Å². The van der Waals surface area contributed by atoms with Gasteiger partial charge in [-0.1, -0.05) is 23.7 Å². The van der Waals surface area contributed by atoms with Gasteiger partial charge in [-0.05, 0) is 35.9 Å². The second kappa shape index (κ2) is 5.02. The van der Waals surface area contributed by atoms with Gasteiger partial charge >= 0.3 is 0 Å². The van der Waals surface area contributed by atoms with Crippen molar-refractivity contribution in [1.82, 2.24) is 0 Å². The van der Waals surface area contributed by atoms with Crippen LogP contribution in [0.4, 0.5) is 5.69 Å². The lowest BCUT2D eigenvalue weighted by molar-refractivity contribution is 0.286. The summed E-state index contributed by atoms with van der Waals surface area (Å²) < 4.78 is 10.9. The largest absolute Gasteiger partial charge is 0.497 e. The highest BCUT2D eigenvalue weighted by atomic mass is 35.5. The number of hydrogen-bond acceptors (Lipinski definition) is 3. The van der Waals surface area contributed by atoms with Gasteiger partial charge in [0.1, 0.15) is 18.1 Å². The molecule has 1 N–H and O–H groups in total. The van der Waals surface area contributed by atoms with Gasteiger partial charge in [-0.15, -0.1) is 0 Å². The van der Waals surface area contributed by atoms with E-state index in [0.29, 0.717) is 11.6 Å². The van der Waals surface area contributed by atoms with Gasteiger partial charge in [-0.3, -0.25) is 0 Å². The molecule has 2 aromatic carbocycles. The molecule has 0 unspecified atom stereocenters. The van der Waals surface area contributed by atoms with E-state index < -0.39 is 0 Å². The van der Waals surface area contributed by atoms with E-state index in [1.54, 1.807) is 7.11 Å². The summed E-state index contributed by atoms with van der Waals surface area (Å²) in [7, 11) is 1.66. The smallest absolute Gasteiger partial charge is 0.142 e. The van der Waals surface area contributed by atoms with Crippen molar-refractivity contribution in [2.75, 3.05) is 19.0 Å². The fourth-order valence-electron chi connectivity index (χ4n) is 2.16. The molecule has 19 heavy (non-hydrogen) atoms. The first-order valence-corrected chi connectivity index (χ1v) is 6.47. The zero-order valence-electron chi connectivity index (χ0n) is 10.5. The summed E-state index contributed by atoms with van der Waals surface area (Å²) >= 11 is 6.00. The molecular formula is C15H14ClNO2. The van der Waals surface area contributed by atoms with Gasteiger partial charge in [0.15, 0.2) is 0 Å². The molecule has 2 aromatic rings. The van der Waals surface area contributed by atoms with E-state index in [-0.39, 0.29) is 6.04 Å². The molecule has 98 valence electrons. The summed E-state index contributed by atoms with van der Waals surface area (Å²) in [4.78, 5) is 0. The third-order valence-corrected chi connectivity index (χ3v) is 3.43. The molecule has 0 amide bonds. The Hall–Kier alpha value is -1.87. The summed E-state index contributed by atoms with van der Waals surface area (Å²) in [6, 6.07) is 13.7. The van der Waals surface area contributed by atoms with Crippen molar-refractivity contribution in [2.24, 2.45) is 0 Å². The molecule has 0 radical (unpaired) electrons. The maximum absolute atomic E-state index is 6.00. The van der Waals surface area contributed by atoms with Gasteiger partial charge in [0.2, 0.25) is 0 Å². The number of fused-ring (bicyclic) bond motifs is 1. The summed E-state index contributed by atoms with van der Waals surface area (Å²) in [5.41, 5.74) is 2.09. The average Bonchev–Trinajstić information content (AvgIpc) is 2.46. The first-order chi connectivity index (χ1) is 9.26. The molecule has 0 fully saturated rings. The normalized spacial score (nSPS) is 17.1. The van der Waals surface area contributed by atoms with Crippen molar-refractivity contribution in [3.8, 4) is 11.5 Å². The van der Waals surface area contributed by atoms with Gasteiger partial charge in [-0.25, -0.2) is 0 Å². The summed E-state index contributed by atoms with van der Waals surface area (Å²) in [5.74, 6) is 1.69. The zero-order chi connectivity index (χ0) is 13.2. The number of halogens is 1. The van der Waals surface area contributed by atoms with E-state index in [1.807, 2.05) is 42.5 Å². The van der Waals surface area contributed by atoms with Gasteiger partial charge in [-0.2, -0.15) is 0 Å². The van der Waals surface area contributed by atoms with E-state index in [4.69, 9.17) is 21.1 Å². The van der Waals surface area contributed by atoms with Crippen molar-refractivity contribution in [1.29, 1.82) is 0 Å². The van der Waals surface area contributed by atoms with Crippen LogP contribution in [0.15, 0.2) is 42.5 Å². The quantitative estimate of drug-likeness (QED) is 0.902. The van der Waals surface area contributed by atoms with Crippen LogP contribution in [0.25, 0.3) is 0 Å². The van der Waals surface area contributed by atoms with Crippen molar-refractivity contribution in [3.63, 3.8) is 0 Å². The van der Waals surface area contributed by atoms with Gasteiger partial charge in [0, 0.05) is 5.02 Å². The molecule has 1 aliphatic heterocycles. The molecule has 3 nitrogen and oxygen atoms in total. The number of methoxy groups -OCH3 is 1. The summed E-state index contributed by atoms with van der Waals surface area (Å²) in [6.07, 6.45) is 0. The van der Waals surface area contributed by atoms with Crippen LogP contribution in [0.1, 0.15) is 11.6 Å². The minimum absolute atomic E-state index is 0.122. The first kappa shape index (κ1) is 12.2. The lowest BCUT2D eigenvalue weighted by Gasteiger charge is -2.28. The van der Waals surface area contributed by atoms with Crippen molar-refractivity contribution >= 4 is 17.3 Å². The predicted octanol–water partition coefficient (Wildman–Crippen LogP) is 3.89. The average molecular weight is 276 g/mol. The predicted molar refractivity (Wildman–Crippen MR) is 76.3 cm³/mol. The molecule has 0 spiro atoms. The lowest BCUT2D eigenvalue weighted by atomic mass is 10.1. The number of benzene rings is 2. The van der Waals surface area contributed by atoms with Crippen LogP contribution < -0.4 is 14.8 Å². The Morgan fingerprint density at radius 3 is 2.74 bits per heavy atom. The van der Waals surface area contributed by atoms with Crippen LogP contribution >= 0.6 is 11.6 Å². The van der Waals surface area contributed by atoms with Gasteiger partial charge in [0.25, 0.3) is 0 Å². The summed E-state index contributed by atoms with van der Waals surface area (Å²) in [5, 5.41) is 4.14. The molecule has 0 bridgehead atoms. The van der Waals surface area contributed by atoms with E-state index in [0.717, 1.165) is 22.7 Å². The molecule has 1 aliphatic rings. The molecule has 1 heterocycles. The molecule has 0 saturated carbocycles. The SMILES string of the molecule is COc1ccc([C@H]2COc3ccc(Cl)cc3N2)cc1. The standard InChI is InChI=1S/C15H14ClNO2/c1-18-12-5-2-10(3-6-12)14-9-19-15-7-4-11(16)8-13(15)17-14/h2-8,14,17H,9H2,1H3/t14-/m1/s1. The third-order valence-electron chi connectivity index (χ3n) is 3.20. The minimum atomic E-state index is 0.122. The fourth-order valence-corrected chi connectivity index (χ4v) is 2.33. The number of ether oxygens (including phenoxy) is 2. The Kier molecular flexibility index (Phi) is 3.22. The first-order valence-electron chi connectivity index (χ1n) is 6.09. The molecule has 4 heteroatoms. The maximum atomic E-state index is 6.00. The molecular weight excluding hydrogens is 262 g/mol. The Balaban J connectivity index is 1.84. The van der Waals surface area contributed by atoms with Gasteiger partial charge < -0.3 is 14.8 Å². The van der Waals surface area contributed by atoms with Crippen LogP contribution in [-0.4, -0.2) is 13.7 Å². The number of nitrogens with one attached hydrogen (secondary N) is 1. The minimum Gasteiger partial charge on any atom is -0.497 e. The molecule has 3 rings (SSSR count). The van der Waals surface area contributed by atoms with Crippen LogP contribution in [0.2, 0.25) is 5.02 Å². The van der Waals surface area contributed by atoms with Crippen LogP contribution in [-0.2, 0) is 0 Å². The molecule has 1 atom stereocenters. The van der Waals surface area contributed by atoms with Crippen LogP contribution in [0.3, 0.4) is 0 Å². The summed E-state index contributed by atoms with van der Waals surface area (Å²) in [6.45, 7) is 0.598. The van der Waals surface area contributed by atoms with Crippen LogP contribution in [0, 0.1) is 0 Å². The van der Waals surface area contributed by atoms with Crippen molar-refractivity contribution < 1.29 is 9.47 Å². The molecule has 0 saturated heterocycles. The second-order valence-electron chi connectivity index (χ2n) is 4.42. The monoisotopic (exact) mass is 275 g/mol. The zero-order valence-corrected chi connectivity index (χ0v) is 11.3. The Bertz CT molecular complexity index is 583. The maximum Gasteiger partial charge on any atom is 0.142 e. The van der Waals surface area contributed by atoms with Crippen LogP contribution in [0.5, 0.6) is 11.5 Å². The van der Waals surface area contributed by atoms with E-state index in [1.165, 1.54) is 0 Å². The second-order valence-corrected chi connectivity index (χ2v) is 4.86. The topological polar surface area (TPSA) is 30.5 Å². The fraction of sp³-hybridized carbons (Fsp3) is 0.200. The Labute approximate surface area is 117 Å². The number of hydrogen-bond donors (Lipinski definition) is 1. The van der Waals surface area contributed by atoms with Gasteiger partial charge in [0.05, 0.1) is 18.8 Å². The highest BCUT2D eigenvalue weighted by molar-refractivity contribution is 6.30. The van der Waals surface area contributed by atoms with Crippen molar-refractivity contribution in [3.05, 3.63) is 53.1 Å². The Morgan fingerprint density at radius 1 is 1.21 bits per heavy atom.